The fraction of sp³-hybridized carbons (Fsp3) is 0.700. The minimum atomic E-state index is -0.562. The molecule has 2 amide bonds. The Morgan fingerprint density at radius 1 is 1.20 bits per heavy atom. The standard InChI is InChI=1S/C20H34N2O3/c1-6-8-10-12-14-21-16-17(18(21)23)22(15-13-11-9-7-2)19(24)25-20(3,4)5/h6-7,17H,1-2,8-16H2,3-5H3/t17-/m0/s1. The van der Waals surface area contributed by atoms with Gasteiger partial charge in [-0.15, -0.1) is 13.2 Å². The van der Waals surface area contributed by atoms with E-state index in [1.165, 1.54) is 0 Å². The Morgan fingerprint density at radius 3 is 2.32 bits per heavy atom. The van der Waals surface area contributed by atoms with Crippen LogP contribution in [0.4, 0.5) is 4.79 Å². The van der Waals surface area contributed by atoms with Crippen LogP contribution in [0.1, 0.15) is 59.3 Å². The summed E-state index contributed by atoms with van der Waals surface area (Å²) in [5.74, 6) is 0.0354. The molecule has 0 aliphatic carbocycles. The van der Waals surface area contributed by atoms with Crippen molar-refractivity contribution in [3.8, 4) is 0 Å². The maximum absolute atomic E-state index is 12.5. The van der Waals surface area contributed by atoms with Gasteiger partial charge in [0.25, 0.3) is 0 Å². The van der Waals surface area contributed by atoms with Gasteiger partial charge in [-0.3, -0.25) is 9.69 Å². The summed E-state index contributed by atoms with van der Waals surface area (Å²) in [7, 11) is 0. The monoisotopic (exact) mass is 350 g/mol. The maximum atomic E-state index is 12.5. The summed E-state index contributed by atoms with van der Waals surface area (Å²) >= 11 is 0. The van der Waals surface area contributed by atoms with Crippen LogP contribution in [0.3, 0.4) is 0 Å². The number of carbonyl (C=O) groups is 2. The number of hydrogen-bond donors (Lipinski definition) is 0. The normalized spacial score (nSPS) is 17.0. The number of carbonyl (C=O) groups excluding carboxylic acids is 2. The summed E-state index contributed by atoms with van der Waals surface area (Å²) < 4.78 is 5.50. The lowest BCUT2D eigenvalue weighted by molar-refractivity contribution is -0.150. The van der Waals surface area contributed by atoms with Crippen molar-refractivity contribution in [2.24, 2.45) is 0 Å². The molecule has 1 fully saturated rings. The van der Waals surface area contributed by atoms with E-state index in [-0.39, 0.29) is 11.9 Å². The van der Waals surface area contributed by atoms with Gasteiger partial charge >= 0.3 is 6.09 Å². The molecule has 0 unspecified atom stereocenters. The number of rotatable bonds is 11. The molecule has 1 atom stereocenters. The van der Waals surface area contributed by atoms with Crippen LogP contribution < -0.4 is 0 Å². The van der Waals surface area contributed by atoms with Gasteiger partial charge < -0.3 is 9.64 Å². The van der Waals surface area contributed by atoms with E-state index in [9.17, 15) is 9.59 Å². The van der Waals surface area contributed by atoms with Crippen LogP contribution in [0, 0.1) is 0 Å². The highest BCUT2D eigenvalue weighted by Crippen LogP contribution is 2.21. The second-order valence-electron chi connectivity index (χ2n) is 7.54. The summed E-state index contributed by atoms with van der Waals surface area (Å²) in [6.45, 7) is 14.9. The van der Waals surface area contributed by atoms with Crippen LogP contribution in [0.15, 0.2) is 25.3 Å². The number of β-lactam (4-membered cyclic amide) rings is 1. The van der Waals surface area contributed by atoms with Crippen LogP contribution in [-0.2, 0) is 9.53 Å². The highest BCUT2D eigenvalue weighted by Gasteiger charge is 2.43. The molecule has 5 heteroatoms. The van der Waals surface area contributed by atoms with E-state index >= 15 is 0 Å². The molecule has 0 N–H and O–H groups in total. The molecule has 5 nitrogen and oxygen atoms in total. The zero-order valence-electron chi connectivity index (χ0n) is 16.1. The van der Waals surface area contributed by atoms with Gasteiger partial charge in [-0.05, 0) is 59.3 Å². The predicted octanol–water partition coefficient (Wildman–Crippen LogP) is 4.15. The molecule has 0 bridgehead atoms. The molecule has 1 rings (SSSR count). The lowest BCUT2D eigenvalue weighted by atomic mass is 10.0. The fourth-order valence-electron chi connectivity index (χ4n) is 2.77. The summed E-state index contributed by atoms with van der Waals surface area (Å²) in [4.78, 5) is 28.4. The first-order chi connectivity index (χ1) is 11.8. The van der Waals surface area contributed by atoms with Crippen molar-refractivity contribution in [1.82, 2.24) is 9.80 Å². The van der Waals surface area contributed by atoms with Crippen LogP contribution in [0.25, 0.3) is 0 Å². The number of hydrogen-bond acceptors (Lipinski definition) is 3. The average Bonchev–Trinajstić information content (AvgIpc) is 2.53. The minimum absolute atomic E-state index is 0.0354. The summed E-state index contributed by atoms with van der Waals surface area (Å²) in [5, 5.41) is 0. The number of nitrogens with zero attached hydrogens (tertiary/aromatic N) is 2. The number of amides is 2. The minimum Gasteiger partial charge on any atom is -0.444 e. The van der Waals surface area contributed by atoms with E-state index in [0.29, 0.717) is 13.1 Å². The topological polar surface area (TPSA) is 49.9 Å². The first kappa shape index (κ1) is 21.3. The smallest absolute Gasteiger partial charge is 0.411 e. The third-order valence-electron chi connectivity index (χ3n) is 4.14. The van der Waals surface area contributed by atoms with E-state index < -0.39 is 11.7 Å². The molecule has 0 radical (unpaired) electrons. The van der Waals surface area contributed by atoms with Crippen molar-refractivity contribution in [1.29, 1.82) is 0 Å². The molecule has 0 aromatic rings. The number of unbranched alkanes of at least 4 members (excludes halogenated alkanes) is 4. The predicted molar refractivity (Wildman–Crippen MR) is 101 cm³/mol. The van der Waals surface area contributed by atoms with Crippen molar-refractivity contribution in [2.75, 3.05) is 19.6 Å². The quantitative estimate of drug-likeness (QED) is 0.319. The van der Waals surface area contributed by atoms with Gasteiger partial charge in [-0.1, -0.05) is 12.2 Å². The number of ether oxygens (including phenoxy) is 1. The van der Waals surface area contributed by atoms with Gasteiger partial charge in [0.2, 0.25) is 5.91 Å². The van der Waals surface area contributed by atoms with Gasteiger partial charge in [0.05, 0.1) is 6.54 Å². The van der Waals surface area contributed by atoms with E-state index in [2.05, 4.69) is 13.2 Å². The zero-order valence-corrected chi connectivity index (χ0v) is 16.1. The third-order valence-corrected chi connectivity index (χ3v) is 4.14. The van der Waals surface area contributed by atoms with Gasteiger partial charge in [-0.2, -0.15) is 0 Å². The second kappa shape index (κ2) is 10.3. The van der Waals surface area contributed by atoms with Crippen molar-refractivity contribution in [3.63, 3.8) is 0 Å². The third kappa shape index (κ3) is 7.32. The van der Waals surface area contributed by atoms with Crippen molar-refractivity contribution in [3.05, 3.63) is 25.3 Å². The molecular weight excluding hydrogens is 316 g/mol. The lowest BCUT2D eigenvalue weighted by Gasteiger charge is -2.44. The maximum Gasteiger partial charge on any atom is 0.411 e. The molecule has 1 heterocycles. The number of likely N-dealkylation sites (tertiary alicyclic amines) is 1. The van der Waals surface area contributed by atoms with E-state index in [1.54, 1.807) is 4.90 Å². The van der Waals surface area contributed by atoms with E-state index in [4.69, 9.17) is 4.74 Å². The fourth-order valence-corrected chi connectivity index (χ4v) is 2.77. The average molecular weight is 351 g/mol. The van der Waals surface area contributed by atoms with Crippen LogP contribution >= 0.6 is 0 Å². The molecule has 0 spiro atoms. The van der Waals surface area contributed by atoms with Crippen molar-refractivity contribution in [2.45, 2.75) is 70.9 Å². The van der Waals surface area contributed by atoms with Gasteiger partial charge in [-0.25, -0.2) is 4.79 Å². The molecular formula is C20H34N2O3. The first-order valence-electron chi connectivity index (χ1n) is 9.30. The molecule has 25 heavy (non-hydrogen) atoms. The van der Waals surface area contributed by atoms with Gasteiger partial charge in [0.15, 0.2) is 0 Å². The van der Waals surface area contributed by atoms with Crippen molar-refractivity contribution >= 4 is 12.0 Å². The Bertz CT molecular complexity index is 468. The highest BCUT2D eigenvalue weighted by molar-refractivity contribution is 5.91. The molecule has 0 saturated carbocycles. The van der Waals surface area contributed by atoms with Crippen LogP contribution in [0.5, 0.6) is 0 Å². The van der Waals surface area contributed by atoms with Crippen molar-refractivity contribution < 1.29 is 14.3 Å². The largest absolute Gasteiger partial charge is 0.444 e. The van der Waals surface area contributed by atoms with E-state index in [0.717, 1.165) is 45.1 Å². The zero-order chi connectivity index (χ0) is 18.9. The Kier molecular flexibility index (Phi) is 8.73. The Balaban J connectivity index is 2.57. The van der Waals surface area contributed by atoms with E-state index in [1.807, 2.05) is 37.8 Å². The summed E-state index contributed by atoms with van der Waals surface area (Å²) in [5.41, 5.74) is -0.562. The molecule has 0 aromatic heterocycles. The molecule has 1 saturated heterocycles. The first-order valence-corrected chi connectivity index (χ1v) is 9.30. The second-order valence-corrected chi connectivity index (χ2v) is 7.54. The SMILES string of the molecule is C=CCCCCN1C[C@H](N(CCCCC=C)C(=O)OC(C)(C)C)C1=O. The van der Waals surface area contributed by atoms with Gasteiger partial charge in [0, 0.05) is 13.1 Å². The molecule has 0 aromatic carbocycles. The van der Waals surface area contributed by atoms with Gasteiger partial charge in [0.1, 0.15) is 11.6 Å². The lowest BCUT2D eigenvalue weighted by Crippen LogP contribution is -2.65. The van der Waals surface area contributed by atoms with Crippen LogP contribution in [-0.4, -0.2) is 53.1 Å². The molecule has 142 valence electrons. The Labute approximate surface area is 152 Å². The summed E-state index contributed by atoms with van der Waals surface area (Å²) in [6.07, 6.45) is 9.06. The Morgan fingerprint density at radius 2 is 1.80 bits per heavy atom. The number of allylic oxidation sites excluding steroid dienone is 2. The van der Waals surface area contributed by atoms with Crippen LogP contribution in [0.2, 0.25) is 0 Å². The highest BCUT2D eigenvalue weighted by atomic mass is 16.6. The molecule has 1 aliphatic heterocycles. The summed E-state index contributed by atoms with van der Waals surface area (Å²) in [6, 6.07) is -0.377. The Hall–Kier alpha value is -1.78. The molecule has 1 aliphatic rings.